The van der Waals surface area contributed by atoms with Gasteiger partial charge in [-0.3, -0.25) is 0 Å². The number of hydrogen-bond donors (Lipinski definition) is 1. The van der Waals surface area contributed by atoms with Crippen LogP contribution in [0.3, 0.4) is 0 Å². The fourth-order valence-electron chi connectivity index (χ4n) is 3.61. The summed E-state index contributed by atoms with van der Waals surface area (Å²) in [4.78, 5) is 7.95. The van der Waals surface area contributed by atoms with Crippen LogP contribution in [-0.4, -0.2) is 16.9 Å². The molecule has 2 aliphatic rings. The Balaban J connectivity index is 1.91. The molecule has 1 aliphatic heterocycles. The largest absolute Gasteiger partial charge is 0.451 e. The zero-order valence-electron chi connectivity index (χ0n) is 12.5. The topological polar surface area (TPSA) is 60.5 Å². The van der Waals surface area contributed by atoms with Crippen molar-refractivity contribution in [1.29, 1.82) is 0 Å². The Morgan fingerprint density at radius 2 is 2.00 bits per heavy atom. The van der Waals surface area contributed by atoms with E-state index in [4.69, 9.17) is 22.1 Å². The van der Waals surface area contributed by atoms with Crippen molar-refractivity contribution in [1.82, 2.24) is 4.98 Å². The third-order valence-electron chi connectivity index (χ3n) is 4.71. The van der Waals surface area contributed by atoms with Gasteiger partial charge in [-0.05, 0) is 30.0 Å². The van der Waals surface area contributed by atoms with Crippen molar-refractivity contribution in [3.63, 3.8) is 0 Å². The third-order valence-corrected chi connectivity index (χ3v) is 5.03. The first-order chi connectivity index (χ1) is 11.5. The smallest absolute Gasteiger partial charge is 0.317 e. The lowest BCUT2D eigenvalue weighted by molar-refractivity contribution is -0.171. The van der Waals surface area contributed by atoms with Gasteiger partial charge >= 0.3 is 5.92 Å². The molecule has 0 saturated heterocycles. The number of halogens is 3. The number of aliphatic imine (C=N–C) groups is 1. The third kappa shape index (κ3) is 1.95. The van der Waals surface area contributed by atoms with Gasteiger partial charge < -0.3 is 10.5 Å². The molecule has 4 nitrogen and oxygen atoms in total. The molecule has 0 amide bonds. The summed E-state index contributed by atoms with van der Waals surface area (Å²) < 4.78 is 36.4. The van der Waals surface area contributed by atoms with Crippen molar-refractivity contribution in [2.75, 3.05) is 0 Å². The molecule has 0 saturated carbocycles. The van der Waals surface area contributed by atoms with Crippen LogP contribution in [-0.2, 0) is 16.7 Å². The van der Waals surface area contributed by atoms with Gasteiger partial charge in [0.05, 0.1) is 0 Å². The highest BCUT2D eigenvalue weighted by Gasteiger charge is 2.66. The lowest BCUT2D eigenvalue weighted by atomic mass is 9.80. The van der Waals surface area contributed by atoms with Crippen LogP contribution in [0.5, 0.6) is 0 Å². The lowest BCUT2D eigenvalue weighted by Gasteiger charge is -2.42. The Kier molecular flexibility index (Phi) is 3.28. The quantitative estimate of drug-likeness (QED) is 0.800. The average molecular weight is 350 g/mol. The van der Waals surface area contributed by atoms with Crippen LogP contribution in [0.4, 0.5) is 8.78 Å². The van der Waals surface area contributed by atoms with Gasteiger partial charge in [-0.25, -0.2) is 9.98 Å². The number of fused-ring (bicyclic) bond motifs is 2. The number of benzene rings is 1. The first kappa shape index (κ1) is 15.3. The number of pyridine rings is 1. The first-order valence-corrected chi connectivity index (χ1v) is 7.92. The van der Waals surface area contributed by atoms with E-state index in [-0.39, 0.29) is 23.2 Å². The van der Waals surface area contributed by atoms with Gasteiger partial charge in [0.25, 0.3) is 6.02 Å². The van der Waals surface area contributed by atoms with Crippen molar-refractivity contribution >= 4 is 17.6 Å². The van der Waals surface area contributed by atoms with E-state index in [1.807, 2.05) is 12.1 Å². The van der Waals surface area contributed by atoms with Gasteiger partial charge in [-0.1, -0.05) is 41.9 Å². The summed E-state index contributed by atoms with van der Waals surface area (Å²) in [7, 11) is 0. The summed E-state index contributed by atoms with van der Waals surface area (Å²) in [5.74, 6) is -3.32. The van der Waals surface area contributed by atoms with Gasteiger partial charge in [-0.2, -0.15) is 8.78 Å². The maximum atomic E-state index is 15.6. The maximum absolute atomic E-state index is 15.6. The molecule has 2 heterocycles. The average Bonchev–Trinajstić information content (AvgIpc) is 2.93. The van der Waals surface area contributed by atoms with E-state index < -0.39 is 17.6 Å². The molecule has 4 rings (SSSR count). The predicted octanol–water partition coefficient (Wildman–Crippen LogP) is 3.60. The lowest BCUT2D eigenvalue weighted by Crippen LogP contribution is -2.53. The summed E-state index contributed by atoms with van der Waals surface area (Å²) in [6.45, 7) is 0. The molecule has 1 aromatic heterocycles. The number of nitrogens with zero attached hydrogens (tertiary/aromatic N) is 2. The minimum atomic E-state index is -3.32. The molecule has 1 spiro atoms. The standard InChI is InChI=1S/C17H14ClF2N3O/c18-14-11(5-3-9-22-14)13-17(19,20)16(23-15(21)24-13)8-7-10-4-1-2-6-12(10)16/h1-6,9,13H,7-8H2,(H2,21,23)/t13?,16-/m1/s1. The molecule has 0 fully saturated rings. The number of alkyl halides is 2. The molecule has 0 bridgehead atoms. The molecule has 2 aromatic rings. The molecular formula is C17H14ClF2N3O. The summed E-state index contributed by atoms with van der Waals surface area (Å²) in [5.41, 5.74) is 5.48. The van der Waals surface area contributed by atoms with Crippen molar-refractivity contribution in [2.24, 2.45) is 10.7 Å². The molecule has 0 radical (unpaired) electrons. The van der Waals surface area contributed by atoms with E-state index in [0.717, 1.165) is 5.56 Å². The Labute approximate surface area is 142 Å². The SMILES string of the molecule is NC1=N[C@@]2(CCc3ccccc32)C(F)(F)C(c2cccnc2Cl)O1. The van der Waals surface area contributed by atoms with E-state index in [1.54, 1.807) is 12.1 Å². The van der Waals surface area contributed by atoms with Gasteiger partial charge in [0.15, 0.2) is 11.6 Å². The minimum absolute atomic E-state index is 0.0293. The Hall–Kier alpha value is -2.21. The molecule has 2 atom stereocenters. The second kappa shape index (κ2) is 5.14. The van der Waals surface area contributed by atoms with Crippen LogP contribution >= 0.6 is 11.6 Å². The van der Waals surface area contributed by atoms with Crippen molar-refractivity contribution < 1.29 is 13.5 Å². The van der Waals surface area contributed by atoms with E-state index in [0.29, 0.717) is 12.0 Å². The number of nitrogens with two attached hydrogens (primary N) is 1. The highest BCUT2D eigenvalue weighted by Crippen LogP contribution is 2.58. The molecule has 1 aromatic carbocycles. The van der Waals surface area contributed by atoms with Gasteiger partial charge in [0, 0.05) is 11.8 Å². The number of aryl methyl sites for hydroxylation is 1. The summed E-state index contributed by atoms with van der Waals surface area (Å²) in [6.07, 6.45) is 0.473. The predicted molar refractivity (Wildman–Crippen MR) is 86.1 cm³/mol. The van der Waals surface area contributed by atoms with Crippen LogP contribution in [0.2, 0.25) is 5.15 Å². The zero-order chi connectivity index (χ0) is 16.9. The molecule has 1 unspecified atom stereocenters. The monoisotopic (exact) mass is 349 g/mol. The van der Waals surface area contributed by atoms with Gasteiger partial charge in [0.1, 0.15) is 5.15 Å². The summed E-state index contributed by atoms with van der Waals surface area (Å²) >= 11 is 6.02. The molecule has 2 N–H and O–H groups in total. The van der Waals surface area contributed by atoms with E-state index in [2.05, 4.69) is 9.98 Å². The maximum Gasteiger partial charge on any atom is 0.317 e. The van der Waals surface area contributed by atoms with Gasteiger partial charge in [-0.15, -0.1) is 0 Å². The van der Waals surface area contributed by atoms with E-state index in [1.165, 1.54) is 18.3 Å². The zero-order valence-corrected chi connectivity index (χ0v) is 13.3. The second-order valence-corrected chi connectivity index (χ2v) is 6.33. The van der Waals surface area contributed by atoms with Crippen LogP contribution in [0.1, 0.15) is 29.2 Å². The van der Waals surface area contributed by atoms with E-state index >= 15 is 8.78 Å². The fraction of sp³-hybridized carbons (Fsp3) is 0.294. The highest BCUT2D eigenvalue weighted by atomic mass is 35.5. The Morgan fingerprint density at radius 1 is 1.21 bits per heavy atom. The number of rotatable bonds is 1. The Morgan fingerprint density at radius 3 is 2.79 bits per heavy atom. The van der Waals surface area contributed by atoms with E-state index in [9.17, 15) is 0 Å². The molecule has 124 valence electrons. The number of amidine groups is 1. The van der Waals surface area contributed by atoms with Crippen molar-refractivity contribution in [3.8, 4) is 0 Å². The minimum Gasteiger partial charge on any atom is -0.451 e. The highest BCUT2D eigenvalue weighted by molar-refractivity contribution is 6.30. The number of ether oxygens (including phenoxy) is 1. The van der Waals surface area contributed by atoms with Crippen molar-refractivity contribution in [3.05, 3.63) is 64.4 Å². The second-order valence-electron chi connectivity index (χ2n) is 5.97. The van der Waals surface area contributed by atoms with Crippen LogP contribution in [0.15, 0.2) is 47.6 Å². The van der Waals surface area contributed by atoms with Gasteiger partial charge in [0.2, 0.25) is 0 Å². The summed E-state index contributed by atoms with van der Waals surface area (Å²) in [6, 6.07) is 9.84. The molecular weight excluding hydrogens is 336 g/mol. The number of hydrogen-bond acceptors (Lipinski definition) is 4. The summed E-state index contributed by atoms with van der Waals surface area (Å²) in [5, 5.41) is -0.0293. The fourth-order valence-corrected chi connectivity index (χ4v) is 3.83. The van der Waals surface area contributed by atoms with Crippen LogP contribution < -0.4 is 5.73 Å². The van der Waals surface area contributed by atoms with Crippen LogP contribution in [0.25, 0.3) is 0 Å². The number of aromatic nitrogens is 1. The first-order valence-electron chi connectivity index (χ1n) is 7.54. The molecule has 1 aliphatic carbocycles. The van der Waals surface area contributed by atoms with Crippen molar-refractivity contribution in [2.45, 2.75) is 30.4 Å². The van der Waals surface area contributed by atoms with Crippen LogP contribution in [0, 0.1) is 0 Å². The normalized spacial score (nSPS) is 27.5. The molecule has 24 heavy (non-hydrogen) atoms. The molecule has 7 heteroatoms. The Bertz CT molecular complexity index is 842.